The van der Waals surface area contributed by atoms with Gasteiger partial charge in [0, 0.05) is 18.2 Å². The zero-order valence-corrected chi connectivity index (χ0v) is 19.1. The van der Waals surface area contributed by atoms with E-state index in [2.05, 4.69) is 0 Å². The number of hydrogen-bond acceptors (Lipinski definition) is 6. The molecule has 0 aliphatic heterocycles. The van der Waals surface area contributed by atoms with Gasteiger partial charge in [-0.3, -0.25) is 4.79 Å². The van der Waals surface area contributed by atoms with Crippen LogP contribution in [0.1, 0.15) is 35.4 Å². The van der Waals surface area contributed by atoms with E-state index in [1.165, 1.54) is 0 Å². The summed E-state index contributed by atoms with van der Waals surface area (Å²) < 4.78 is 22.7. The van der Waals surface area contributed by atoms with Gasteiger partial charge in [-0.25, -0.2) is 4.79 Å². The second kappa shape index (κ2) is 11.7. The minimum atomic E-state index is -1.29. The summed E-state index contributed by atoms with van der Waals surface area (Å²) in [6, 6.07) is 23.4. The van der Waals surface area contributed by atoms with Crippen molar-refractivity contribution in [3.63, 3.8) is 0 Å². The Kier molecular flexibility index (Phi) is 8.01. The lowest BCUT2D eigenvalue weighted by Gasteiger charge is -2.10. The number of aromatic carboxylic acids is 1. The minimum Gasteiger partial charge on any atom is -0.493 e. The van der Waals surface area contributed by atoms with Gasteiger partial charge in [0.1, 0.15) is 29.4 Å². The summed E-state index contributed by atoms with van der Waals surface area (Å²) in [7, 11) is 0. The first-order valence-corrected chi connectivity index (χ1v) is 11.4. The third-order valence-corrected chi connectivity index (χ3v) is 5.29. The molecule has 1 N–H and O–H groups in total. The average Bonchev–Trinajstić information content (AvgIpc) is 2.87. The van der Waals surface area contributed by atoms with Gasteiger partial charge in [0.2, 0.25) is 5.76 Å². The maximum atomic E-state index is 12.0. The lowest BCUT2D eigenvalue weighted by molar-refractivity contribution is 0.0663. The zero-order valence-electron chi connectivity index (χ0n) is 19.1. The zero-order chi connectivity index (χ0) is 24.5. The molecule has 0 aliphatic rings. The highest BCUT2D eigenvalue weighted by atomic mass is 16.5. The number of hydrogen-bond donors (Lipinski definition) is 1. The lowest BCUT2D eigenvalue weighted by atomic mass is 10.2. The monoisotopic (exact) mass is 474 g/mol. The molecule has 4 rings (SSSR count). The molecule has 0 atom stereocenters. The number of ether oxygens (including phenoxy) is 3. The largest absolute Gasteiger partial charge is 0.493 e. The van der Waals surface area contributed by atoms with Gasteiger partial charge in [-0.1, -0.05) is 36.4 Å². The van der Waals surface area contributed by atoms with Crippen LogP contribution in [-0.4, -0.2) is 24.3 Å². The predicted octanol–water partition coefficient (Wildman–Crippen LogP) is 5.70. The van der Waals surface area contributed by atoms with Crippen molar-refractivity contribution in [3.05, 3.63) is 100 Å². The summed E-state index contributed by atoms with van der Waals surface area (Å²) in [5.41, 5.74) is 0.901. The predicted molar refractivity (Wildman–Crippen MR) is 132 cm³/mol. The molecule has 0 saturated carbocycles. The molecule has 0 aliphatic carbocycles. The SMILES string of the molecule is O=C(O)c1cc(=O)c2ccc(OCCCCCOc3cccc(OCc4ccccc4)c3)cc2o1. The molecule has 7 heteroatoms. The molecule has 0 bridgehead atoms. The van der Waals surface area contributed by atoms with Gasteiger partial charge in [0.15, 0.2) is 5.43 Å². The fraction of sp³-hybridized carbons (Fsp3) is 0.214. The Morgan fingerprint density at radius 1 is 0.743 bits per heavy atom. The van der Waals surface area contributed by atoms with Crippen LogP contribution < -0.4 is 19.6 Å². The Balaban J connectivity index is 1.17. The van der Waals surface area contributed by atoms with E-state index in [0.717, 1.165) is 42.4 Å². The van der Waals surface area contributed by atoms with E-state index in [4.69, 9.17) is 23.7 Å². The molecule has 0 fully saturated rings. The molecule has 0 amide bonds. The van der Waals surface area contributed by atoms with Gasteiger partial charge < -0.3 is 23.7 Å². The molecule has 0 unspecified atom stereocenters. The lowest BCUT2D eigenvalue weighted by Crippen LogP contribution is -2.06. The van der Waals surface area contributed by atoms with Gasteiger partial charge in [-0.15, -0.1) is 0 Å². The molecule has 1 aromatic heterocycles. The molecular weight excluding hydrogens is 448 g/mol. The van der Waals surface area contributed by atoms with Crippen molar-refractivity contribution in [2.75, 3.05) is 13.2 Å². The second-order valence-electron chi connectivity index (χ2n) is 7.94. The second-order valence-corrected chi connectivity index (χ2v) is 7.94. The first-order chi connectivity index (χ1) is 17.1. The molecule has 180 valence electrons. The van der Waals surface area contributed by atoms with Crippen LogP contribution in [-0.2, 0) is 6.61 Å². The summed E-state index contributed by atoms with van der Waals surface area (Å²) in [6.07, 6.45) is 2.60. The fourth-order valence-electron chi connectivity index (χ4n) is 3.49. The van der Waals surface area contributed by atoms with E-state index in [0.29, 0.717) is 31.0 Å². The summed E-state index contributed by atoms with van der Waals surface area (Å²) >= 11 is 0. The molecule has 4 aromatic rings. The number of carboxylic acids is 1. The topological polar surface area (TPSA) is 95.2 Å². The Hall–Kier alpha value is -4.26. The van der Waals surface area contributed by atoms with Crippen LogP contribution in [0.4, 0.5) is 0 Å². The van der Waals surface area contributed by atoms with Crippen LogP contribution in [0.2, 0.25) is 0 Å². The molecule has 0 saturated heterocycles. The van der Waals surface area contributed by atoms with E-state index in [1.807, 2.05) is 54.6 Å². The van der Waals surface area contributed by atoms with Crippen molar-refractivity contribution in [3.8, 4) is 17.2 Å². The summed E-state index contributed by atoms with van der Waals surface area (Å²) in [4.78, 5) is 23.1. The van der Waals surface area contributed by atoms with Crippen LogP contribution in [0, 0.1) is 0 Å². The van der Waals surface area contributed by atoms with E-state index < -0.39 is 17.2 Å². The molecule has 35 heavy (non-hydrogen) atoms. The van der Waals surface area contributed by atoms with Crippen molar-refractivity contribution in [1.29, 1.82) is 0 Å². The third-order valence-electron chi connectivity index (χ3n) is 5.29. The first-order valence-electron chi connectivity index (χ1n) is 11.4. The van der Waals surface area contributed by atoms with E-state index in [-0.39, 0.29) is 5.58 Å². The number of carboxylic acid groups (broad SMARTS) is 1. The standard InChI is InChI=1S/C28H26O7/c29-25-18-27(28(30)31)35-26-17-23(12-13-24(25)26)33-15-6-2-5-14-32-21-10-7-11-22(16-21)34-19-20-8-3-1-4-9-20/h1,3-4,7-13,16-18H,2,5-6,14-15,19H2,(H,30,31). The number of fused-ring (bicyclic) bond motifs is 1. The Morgan fingerprint density at radius 2 is 1.43 bits per heavy atom. The molecular formula is C28H26O7. The van der Waals surface area contributed by atoms with Gasteiger partial charge >= 0.3 is 5.97 Å². The Morgan fingerprint density at radius 3 is 2.14 bits per heavy atom. The van der Waals surface area contributed by atoms with Crippen LogP contribution in [0.25, 0.3) is 11.0 Å². The summed E-state index contributed by atoms with van der Waals surface area (Å²) in [5, 5.41) is 9.37. The highest BCUT2D eigenvalue weighted by molar-refractivity contribution is 5.87. The van der Waals surface area contributed by atoms with Crippen molar-refractivity contribution < 1.29 is 28.5 Å². The molecule has 1 heterocycles. The normalized spacial score (nSPS) is 10.7. The Bertz CT molecular complexity index is 1330. The van der Waals surface area contributed by atoms with Gasteiger partial charge in [-0.05, 0) is 49.1 Å². The number of unbranched alkanes of at least 4 members (excludes halogenated alkanes) is 2. The maximum Gasteiger partial charge on any atom is 0.371 e. The van der Waals surface area contributed by atoms with Crippen LogP contribution >= 0.6 is 0 Å². The van der Waals surface area contributed by atoms with Crippen molar-refractivity contribution >= 4 is 16.9 Å². The first kappa shape index (κ1) is 23.9. The van der Waals surface area contributed by atoms with Crippen LogP contribution in [0.5, 0.6) is 17.2 Å². The van der Waals surface area contributed by atoms with Crippen molar-refractivity contribution in [2.24, 2.45) is 0 Å². The van der Waals surface area contributed by atoms with Crippen molar-refractivity contribution in [1.82, 2.24) is 0 Å². The van der Waals surface area contributed by atoms with Crippen molar-refractivity contribution in [2.45, 2.75) is 25.9 Å². The van der Waals surface area contributed by atoms with Gasteiger partial charge in [0.25, 0.3) is 0 Å². The third kappa shape index (κ3) is 6.86. The number of rotatable bonds is 12. The van der Waals surface area contributed by atoms with Gasteiger partial charge in [0.05, 0.1) is 18.6 Å². The maximum absolute atomic E-state index is 12.0. The highest BCUT2D eigenvalue weighted by Gasteiger charge is 2.11. The average molecular weight is 475 g/mol. The number of benzene rings is 3. The molecule has 3 aromatic carbocycles. The van der Waals surface area contributed by atoms with Crippen LogP contribution in [0.15, 0.2) is 88.1 Å². The van der Waals surface area contributed by atoms with E-state index in [9.17, 15) is 9.59 Å². The Labute approximate surface area is 202 Å². The van der Waals surface area contributed by atoms with Gasteiger partial charge in [-0.2, -0.15) is 0 Å². The fourth-order valence-corrected chi connectivity index (χ4v) is 3.49. The van der Waals surface area contributed by atoms with E-state index >= 15 is 0 Å². The molecule has 0 radical (unpaired) electrons. The number of carbonyl (C=O) groups is 1. The highest BCUT2D eigenvalue weighted by Crippen LogP contribution is 2.22. The van der Waals surface area contributed by atoms with Crippen LogP contribution in [0.3, 0.4) is 0 Å². The minimum absolute atomic E-state index is 0.191. The summed E-state index contributed by atoms with van der Waals surface area (Å²) in [6.45, 7) is 1.58. The molecule has 7 nitrogen and oxygen atoms in total. The molecule has 0 spiro atoms. The smallest absolute Gasteiger partial charge is 0.371 e. The quantitative estimate of drug-likeness (QED) is 0.263. The summed E-state index contributed by atoms with van der Waals surface area (Å²) in [5.74, 6) is 0.371. The van der Waals surface area contributed by atoms with E-state index in [1.54, 1.807) is 18.2 Å².